The molecule has 2 aliphatic carbocycles. The molecule has 0 spiro atoms. The summed E-state index contributed by atoms with van der Waals surface area (Å²) in [6.07, 6.45) is 14.8. The van der Waals surface area contributed by atoms with Crippen molar-refractivity contribution in [3.8, 4) is 0 Å². The lowest BCUT2D eigenvalue weighted by atomic mass is 9.73. The Morgan fingerprint density at radius 2 is 1.63 bits per heavy atom. The molecule has 4 unspecified atom stereocenters. The number of carbonyl (C=O) groups is 1. The van der Waals surface area contributed by atoms with Crippen LogP contribution in [0.1, 0.15) is 78.1 Å². The first-order valence-electron chi connectivity index (χ1n) is 8.64. The van der Waals surface area contributed by atoms with Gasteiger partial charge in [0.05, 0.1) is 0 Å². The van der Waals surface area contributed by atoms with Crippen LogP contribution >= 0.6 is 0 Å². The highest BCUT2D eigenvalue weighted by molar-refractivity contribution is 5.54. The second-order valence-electron chi connectivity index (χ2n) is 7.56. The minimum Gasteiger partial charge on any atom is -0.303 e. The van der Waals surface area contributed by atoms with E-state index in [1.54, 1.807) is 0 Å². The van der Waals surface area contributed by atoms with E-state index in [2.05, 4.69) is 13.8 Å². The van der Waals surface area contributed by atoms with Crippen LogP contribution in [0.3, 0.4) is 0 Å². The zero-order valence-electron chi connectivity index (χ0n) is 12.9. The first-order valence-corrected chi connectivity index (χ1v) is 8.64. The van der Waals surface area contributed by atoms with Gasteiger partial charge in [-0.25, -0.2) is 0 Å². The van der Waals surface area contributed by atoms with Gasteiger partial charge in [-0.3, -0.25) is 0 Å². The summed E-state index contributed by atoms with van der Waals surface area (Å²) in [6, 6.07) is 0. The number of aldehydes is 1. The van der Waals surface area contributed by atoms with Crippen LogP contribution in [-0.2, 0) is 4.79 Å². The fraction of sp³-hybridized carbons (Fsp3) is 0.944. The van der Waals surface area contributed by atoms with Gasteiger partial charge in [-0.1, -0.05) is 39.5 Å². The van der Waals surface area contributed by atoms with Crippen LogP contribution in [0.5, 0.6) is 0 Å². The fourth-order valence-corrected chi connectivity index (χ4v) is 4.79. The molecule has 4 atom stereocenters. The fourth-order valence-electron chi connectivity index (χ4n) is 4.79. The highest BCUT2D eigenvalue weighted by Gasteiger charge is 2.26. The predicted octanol–water partition coefficient (Wildman–Crippen LogP) is 5.23. The molecule has 0 aromatic rings. The average Bonchev–Trinajstić information content (AvgIpc) is 2.38. The monoisotopic (exact) mass is 264 g/mol. The van der Waals surface area contributed by atoms with Crippen molar-refractivity contribution in [1.29, 1.82) is 0 Å². The van der Waals surface area contributed by atoms with Crippen molar-refractivity contribution >= 4 is 6.29 Å². The Balaban J connectivity index is 1.69. The summed E-state index contributed by atoms with van der Waals surface area (Å²) >= 11 is 0. The minimum atomic E-state index is 0.387. The normalized spacial score (nSPS) is 40.0. The largest absolute Gasteiger partial charge is 0.303 e. The van der Waals surface area contributed by atoms with E-state index in [9.17, 15) is 4.79 Å². The summed E-state index contributed by atoms with van der Waals surface area (Å²) in [7, 11) is 0. The van der Waals surface area contributed by atoms with E-state index in [-0.39, 0.29) is 0 Å². The second-order valence-corrected chi connectivity index (χ2v) is 7.56. The van der Waals surface area contributed by atoms with Crippen LogP contribution < -0.4 is 0 Å². The molecule has 0 radical (unpaired) electrons. The van der Waals surface area contributed by atoms with Gasteiger partial charge in [-0.2, -0.15) is 0 Å². The Morgan fingerprint density at radius 3 is 2.32 bits per heavy atom. The van der Waals surface area contributed by atoms with Crippen LogP contribution in [-0.4, -0.2) is 6.29 Å². The van der Waals surface area contributed by atoms with Gasteiger partial charge in [-0.15, -0.1) is 0 Å². The van der Waals surface area contributed by atoms with E-state index < -0.39 is 0 Å². The third-order valence-electron chi connectivity index (χ3n) is 5.61. The lowest BCUT2D eigenvalue weighted by Crippen LogP contribution is -2.22. The summed E-state index contributed by atoms with van der Waals surface area (Å²) < 4.78 is 0. The van der Waals surface area contributed by atoms with Crippen LogP contribution in [0, 0.1) is 29.6 Å². The highest BCUT2D eigenvalue weighted by atomic mass is 16.1. The maximum absolute atomic E-state index is 11.1. The molecule has 2 saturated carbocycles. The van der Waals surface area contributed by atoms with Crippen molar-refractivity contribution in [1.82, 2.24) is 0 Å². The first kappa shape index (κ1) is 15.1. The van der Waals surface area contributed by atoms with Crippen molar-refractivity contribution in [2.24, 2.45) is 29.6 Å². The van der Waals surface area contributed by atoms with E-state index in [0.717, 1.165) is 24.2 Å². The number of rotatable bonds is 5. The molecule has 0 aromatic heterocycles. The standard InChI is InChI=1S/C18H32O/c1-14-10-15(2)12-16(11-14)6-5-9-17-7-3-4-8-18(17)13-19/h13-18H,3-12H2,1-2H3. The maximum Gasteiger partial charge on any atom is 0.123 e. The van der Waals surface area contributed by atoms with Crippen LogP contribution in [0.25, 0.3) is 0 Å². The third kappa shape index (κ3) is 4.61. The first-order chi connectivity index (χ1) is 9.19. The Kier molecular flexibility index (Phi) is 5.91. The average molecular weight is 264 g/mol. The molecule has 0 saturated heterocycles. The van der Waals surface area contributed by atoms with Crippen LogP contribution in [0.4, 0.5) is 0 Å². The molecule has 0 aliphatic heterocycles. The molecular formula is C18H32O. The molecular weight excluding hydrogens is 232 g/mol. The molecule has 110 valence electrons. The molecule has 2 fully saturated rings. The Labute approximate surface area is 119 Å². The quantitative estimate of drug-likeness (QED) is 0.621. The van der Waals surface area contributed by atoms with Crippen molar-refractivity contribution in [2.45, 2.75) is 78.1 Å². The van der Waals surface area contributed by atoms with Gasteiger partial charge in [-0.05, 0) is 62.2 Å². The molecule has 0 heterocycles. The smallest absolute Gasteiger partial charge is 0.123 e. The van der Waals surface area contributed by atoms with E-state index in [1.165, 1.54) is 64.1 Å². The molecule has 0 bridgehead atoms. The van der Waals surface area contributed by atoms with Gasteiger partial charge in [0.2, 0.25) is 0 Å². The van der Waals surface area contributed by atoms with Crippen molar-refractivity contribution in [3.63, 3.8) is 0 Å². The van der Waals surface area contributed by atoms with Crippen molar-refractivity contribution < 1.29 is 4.79 Å². The van der Waals surface area contributed by atoms with Gasteiger partial charge in [0.25, 0.3) is 0 Å². The van der Waals surface area contributed by atoms with Gasteiger partial charge in [0.15, 0.2) is 0 Å². The zero-order chi connectivity index (χ0) is 13.7. The van der Waals surface area contributed by atoms with Gasteiger partial charge < -0.3 is 4.79 Å². The van der Waals surface area contributed by atoms with Crippen LogP contribution in [0.2, 0.25) is 0 Å². The van der Waals surface area contributed by atoms with E-state index >= 15 is 0 Å². The van der Waals surface area contributed by atoms with Gasteiger partial charge in [0.1, 0.15) is 6.29 Å². The molecule has 0 N–H and O–H groups in total. The topological polar surface area (TPSA) is 17.1 Å². The summed E-state index contributed by atoms with van der Waals surface area (Å²) in [5, 5.41) is 0. The Hall–Kier alpha value is -0.330. The van der Waals surface area contributed by atoms with Gasteiger partial charge in [0, 0.05) is 5.92 Å². The zero-order valence-corrected chi connectivity index (χ0v) is 12.9. The van der Waals surface area contributed by atoms with Gasteiger partial charge >= 0.3 is 0 Å². The maximum atomic E-state index is 11.1. The van der Waals surface area contributed by atoms with Crippen LogP contribution in [0.15, 0.2) is 0 Å². The molecule has 19 heavy (non-hydrogen) atoms. The molecule has 1 heteroatoms. The predicted molar refractivity (Wildman–Crippen MR) is 81.0 cm³/mol. The summed E-state index contributed by atoms with van der Waals surface area (Å²) in [6.45, 7) is 4.85. The minimum absolute atomic E-state index is 0.387. The number of hydrogen-bond donors (Lipinski definition) is 0. The lowest BCUT2D eigenvalue weighted by Gasteiger charge is -2.32. The lowest BCUT2D eigenvalue weighted by molar-refractivity contribution is -0.113. The molecule has 1 nitrogen and oxygen atoms in total. The van der Waals surface area contributed by atoms with Crippen molar-refractivity contribution in [3.05, 3.63) is 0 Å². The van der Waals surface area contributed by atoms with E-state index in [1.807, 2.05) is 0 Å². The number of hydrogen-bond acceptors (Lipinski definition) is 1. The Bertz CT molecular complexity index is 263. The van der Waals surface area contributed by atoms with E-state index in [4.69, 9.17) is 0 Å². The highest BCUT2D eigenvalue weighted by Crippen LogP contribution is 2.37. The molecule has 0 amide bonds. The SMILES string of the molecule is CC1CC(C)CC(CCCC2CCCCC2C=O)C1. The third-order valence-corrected chi connectivity index (χ3v) is 5.61. The molecule has 0 aromatic carbocycles. The van der Waals surface area contributed by atoms with E-state index in [0.29, 0.717) is 11.8 Å². The summed E-state index contributed by atoms with van der Waals surface area (Å²) in [5.41, 5.74) is 0. The summed E-state index contributed by atoms with van der Waals surface area (Å²) in [5.74, 6) is 3.94. The van der Waals surface area contributed by atoms with Crippen molar-refractivity contribution in [2.75, 3.05) is 0 Å². The molecule has 2 rings (SSSR count). The Morgan fingerprint density at radius 1 is 0.947 bits per heavy atom. The summed E-state index contributed by atoms with van der Waals surface area (Å²) in [4.78, 5) is 11.1. The molecule has 2 aliphatic rings. The number of carbonyl (C=O) groups excluding carboxylic acids is 1. The second kappa shape index (κ2) is 7.45.